The Morgan fingerprint density at radius 2 is 1.70 bits per heavy atom. The molecule has 0 saturated carbocycles. The van der Waals surface area contributed by atoms with E-state index in [0.29, 0.717) is 18.2 Å². The van der Waals surface area contributed by atoms with E-state index in [0.717, 1.165) is 28.1 Å². The van der Waals surface area contributed by atoms with Crippen LogP contribution in [-0.2, 0) is 6.54 Å². The molecule has 0 saturated heterocycles. The summed E-state index contributed by atoms with van der Waals surface area (Å²) in [4.78, 5) is 0. The maximum absolute atomic E-state index is 13.9. The maximum Gasteiger partial charge on any atom is 0.129 e. The lowest BCUT2D eigenvalue weighted by Gasteiger charge is -2.33. The number of nitrogens with one attached hydrogen (secondary N) is 2. The quantitative estimate of drug-likeness (QED) is 0.406. The third-order valence-corrected chi connectivity index (χ3v) is 6.24. The summed E-state index contributed by atoms with van der Waals surface area (Å²) in [5.74, 6) is 0.723. The molecule has 4 heteroatoms. The van der Waals surface area contributed by atoms with Crippen molar-refractivity contribution in [1.29, 1.82) is 0 Å². The third kappa shape index (κ3) is 4.75. The fourth-order valence-corrected chi connectivity index (χ4v) is 4.70. The van der Waals surface area contributed by atoms with Gasteiger partial charge in [-0.15, -0.1) is 0 Å². The zero-order valence-corrected chi connectivity index (χ0v) is 20.3. The number of allylic oxidation sites excluding steroid dienone is 1. The fourth-order valence-electron chi connectivity index (χ4n) is 4.70. The van der Waals surface area contributed by atoms with Gasteiger partial charge < -0.3 is 15.4 Å². The largest absolute Gasteiger partial charge is 0.496 e. The van der Waals surface area contributed by atoms with Crippen LogP contribution >= 0.6 is 0 Å². The van der Waals surface area contributed by atoms with E-state index in [-0.39, 0.29) is 11.4 Å². The predicted molar refractivity (Wildman–Crippen MR) is 138 cm³/mol. The molecule has 0 aromatic heterocycles. The molecule has 33 heavy (non-hydrogen) atoms. The molecule has 0 atom stereocenters. The molecule has 172 valence electrons. The Bertz CT molecular complexity index is 1190. The molecule has 4 rings (SSSR count). The Balaban J connectivity index is 1.80. The van der Waals surface area contributed by atoms with Gasteiger partial charge in [0.25, 0.3) is 0 Å². The zero-order valence-electron chi connectivity index (χ0n) is 20.3. The topological polar surface area (TPSA) is 33.3 Å². The zero-order chi connectivity index (χ0) is 23.8. The van der Waals surface area contributed by atoms with Crippen molar-refractivity contribution < 1.29 is 9.13 Å². The van der Waals surface area contributed by atoms with Gasteiger partial charge in [0.2, 0.25) is 0 Å². The van der Waals surface area contributed by atoms with Crippen LogP contribution in [0.15, 0.2) is 60.7 Å². The highest BCUT2D eigenvalue weighted by Crippen LogP contribution is 2.42. The van der Waals surface area contributed by atoms with Gasteiger partial charge in [-0.25, -0.2) is 4.39 Å². The van der Waals surface area contributed by atoms with Crippen LogP contribution in [0.25, 0.3) is 16.7 Å². The van der Waals surface area contributed by atoms with E-state index in [9.17, 15) is 4.39 Å². The van der Waals surface area contributed by atoms with Crippen molar-refractivity contribution in [2.75, 3.05) is 17.7 Å². The molecule has 0 bridgehead atoms. The van der Waals surface area contributed by atoms with Crippen molar-refractivity contribution in [3.8, 4) is 16.9 Å². The van der Waals surface area contributed by atoms with Crippen LogP contribution in [0.3, 0.4) is 0 Å². The van der Waals surface area contributed by atoms with Crippen molar-refractivity contribution in [1.82, 2.24) is 0 Å². The number of anilines is 2. The molecule has 3 aromatic rings. The molecular weight excluding hydrogens is 411 g/mol. The number of hydrogen-bond donors (Lipinski definition) is 2. The number of fused-ring (bicyclic) bond motifs is 1. The Morgan fingerprint density at radius 1 is 1.00 bits per heavy atom. The second kappa shape index (κ2) is 8.93. The average molecular weight is 445 g/mol. The van der Waals surface area contributed by atoms with Gasteiger partial charge in [0.15, 0.2) is 0 Å². The predicted octanol–water partition coefficient (Wildman–Crippen LogP) is 7.84. The molecule has 3 aromatic carbocycles. The molecule has 1 aliphatic rings. The standard InChI is InChI=1S/C29H33FN2O/c1-18(2)20-7-10-22(11-8-20)31-17-25-23(24-12-9-21(30)15-27(24)33-6)13-14-26-28(25)19(3)16-29(4,5)32-26/h7-16,18,31-32H,17H2,1-6H3. The monoisotopic (exact) mass is 444 g/mol. The first-order chi connectivity index (χ1) is 15.7. The first-order valence-electron chi connectivity index (χ1n) is 11.5. The molecule has 2 N–H and O–H groups in total. The Hall–Kier alpha value is -3.27. The molecule has 1 aliphatic heterocycles. The van der Waals surface area contributed by atoms with Crippen LogP contribution in [0.1, 0.15) is 57.2 Å². The maximum atomic E-state index is 13.9. The van der Waals surface area contributed by atoms with Crippen LogP contribution < -0.4 is 15.4 Å². The van der Waals surface area contributed by atoms with Crippen LogP contribution in [0.2, 0.25) is 0 Å². The summed E-state index contributed by atoms with van der Waals surface area (Å²) in [5.41, 5.74) is 8.85. The van der Waals surface area contributed by atoms with E-state index in [1.54, 1.807) is 13.2 Å². The molecule has 0 unspecified atom stereocenters. The number of halogens is 1. The molecular formula is C29H33FN2O. The van der Waals surface area contributed by atoms with Crippen molar-refractivity contribution in [2.24, 2.45) is 0 Å². The Morgan fingerprint density at radius 3 is 2.36 bits per heavy atom. The van der Waals surface area contributed by atoms with Gasteiger partial charge in [-0.1, -0.05) is 38.1 Å². The van der Waals surface area contributed by atoms with E-state index in [1.165, 1.54) is 28.8 Å². The van der Waals surface area contributed by atoms with Crippen LogP contribution in [0.5, 0.6) is 5.75 Å². The molecule has 0 aliphatic carbocycles. The minimum Gasteiger partial charge on any atom is -0.496 e. The van der Waals surface area contributed by atoms with Gasteiger partial charge >= 0.3 is 0 Å². The Labute approximate surface area is 196 Å². The highest BCUT2D eigenvalue weighted by atomic mass is 19.1. The number of methoxy groups -OCH3 is 1. The van der Waals surface area contributed by atoms with E-state index < -0.39 is 0 Å². The Kier molecular flexibility index (Phi) is 6.20. The molecule has 0 amide bonds. The summed E-state index contributed by atoms with van der Waals surface area (Å²) in [6.45, 7) is 11.5. The van der Waals surface area contributed by atoms with E-state index >= 15 is 0 Å². The minimum absolute atomic E-state index is 0.121. The molecule has 1 heterocycles. The lowest BCUT2D eigenvalue weighted by molar-refractivity contribution is 0.413. The molecule has 0 spiro atoms. The van der Waals surface area contributed by atoms with Gasteiger partial charge in [0.05, 0.1) is 12.6 Å². The third-order valence-electron chi connectivity index (χ3n) is 6.24. The van der Waals surface area contributed by atoms with Crippen LogP contribution in [0, 0.1) is 5.82 Å². The lowest BCUT2D eigenvalue weighted by atomic mass is 9.85. The smallest absolute Gasteiger partial charge is 0.129 e. The fraction of sp³-hybridized carbons (Fsp3) is 0.310. The average Bonchev–Trinajstić information content (AvgIpc) is 2.76. The minimum atomic E-state index is -0.307. The summed E-state index contributed by atoms with van der Waals surface area (Å²) < 4.78 is 19.5. The first kappa shape index (κ1) is 22.9. The van der Waals surface area contributed by atoms with E-state index in [2.05, 4.69) is 87.7 Å². The van der Waals surface area contributed by atoms with Crippen LogP contribution in [-0.4, -0.2) is 12.6 Å². The van der Waals surface area contributed by atoms with E-state index in [1.807, 2.05) is 0 Å². The molecule has 3 nitrogen and oxygen atoms in total. The summed E-state index contributed by atoms with van der Waals surface area (Å²) in [5, 5.41) is 7.25. The normalized spacial score (nSPS) is 14.4. The van der Waals surface area contributed by atoms with Gasteiger partial charge in [-0.2, -0.15) is 0 Å². The first-order valence-corrected chi connectivity index (χ1v) is 11.5. The summed E-state index contributed by atoms with van der Waals surface area (Å²) >= 11 is 0. The van der Waals surface area contributed by atoms with Gasteiger partial charge in [0, 0.05) is 35.1 Å². The number of benzene rings is 3. The SMILES string of the molecule is COc1cc(F)ccc1-c1ccc2c(c1CNc1ccc(C(C)C)cc1)C(C)=CC(C)(C)N2. The highest BCUT2D eigenvalue weighted by molar-refractivity contribution is 5.88. The van der Waals surface area contributed by atoms with E-state index in [4.69, 9.17) is 4.74 Å². The highest BCUT2D eigenvalue weighted by Gasteiger charge is 2.26. The van der Waals surface area contributed by atoms with Crippen molar-refractivity contribution in [3.63, 3.8) is 0 Å². The van der Waals surface area contributed by atoms with Crippen LogP contribution in [0.4, 0.5) is 15.8 Å². The van der Waals surface area contributed by atoms with Crippen molar-refractivity contribution in [2.45, 2.75) is 52.6 Å². The van der Waals surface area contributed by atoms with Crippen molar-refractivity contribution >= 4 is 16.9 Å². The number of ether oxygens (including phenoxy) is 1. The second-order valence-electron chi connectivity index (χ2n) is 9.66. The van der Waals surface area contributed by atoms with Crippen molar-refractivity contribution in [3.05, 3.63) is 83.2 Å². The second-order valence-corrected chi connectivity index (χ2v) is 9.66. The summed E-state index contributed by atoms with van der Waals surface area (Å²) in [6.07, 6.45) is 2.27. The summed E-state index contributed by atoms with van der Waals surface area (Å²) in [6, 6.07) is 17.6. The number of hydrogen-bond acceptors (Lipinski definition) is 3. The van der Waals surface area contributed by atoms with Gasteiger partial charge in [0.1, 0.15) is 11.6 Å². The molecule has 0 radical (unpaired) electrons. The molecule has 0 fully saturated rings. The number of rotatable bonds is 6. The summed E-state index contributed by atoms with van der Waals surface area (Å²) in [7, 11) is 1.58. The van der Waals surface area contributed by atoms with Gasteiger partial charge in [-0.05, 0) is 79.3 Å². The van der Waals surface area contributed by atoms with Gasteiger partial charge in [-0.3, -0.25) is 0 Å². The lowest BCUT2D eigenvalue weighted by Crippen LogP contribution is -2.32.